The molecule has 0 unspecified atom stereocenters. The third-order valence-corrected chi connectivity index (χ3v) is 4.25. The van der Waals surface area contributed by atoms with Crippen molar-refractivity contribution in [3.05, 3.63) is 23.8 Å². The van der Waals surface area contributed by atoms with Gasteiger partial charge in [0.1, 0.15) is 17.1 Å². The molecule has 0 aromatic heterocycles. The van der Waals surface area contributed by atoms with Crippen molar-refractivity contribution < 1.29 is 29.0 Å². The van der Waals surface area contributed by atoms with Crippen LogP contribution < -0.4 is 15.4 Å². The number of imide groups is 1. The fraction of sp³-hybridized carbons (Fsp3) is 0.500. The van der Waals surface area contributed by atoms with E-state index in [4.69, 9.17) is 9.47 Å². The summed E-state index contributed by atoms with van der Waals surface area (Å²) < 4.78 is 9.95. The van der Waals surface area contributed by atoms with Crippen LogP contribution >= 0.6 is 0 Å². The summed E-state index contributed by atoms with van der Waals surface area (Å²) in [6.45, 7) is 1.35. The van der Waals surface area contributed by atoms with E-state index in [0.29, 0.717) is 5.75 Å². The molecule has 1 atom stereocenters. The molecule has 0 spiro atoms. The number of rotatable bonds is 5. The van der Waals surface area contributed by atoms with Crippen LogP contribution in [-0.4, -0.2) is 42.3 Å². The molecule has 1 aliphatic carbocycles. The van der Waals surface area contributed by atoms with Crippen molar-refractivity contribution in [1.82, 2.24) is 10.6 Å². The average Bonchev–Trinajstić information content (AvgIpc) is 2.61. The fourth-order valence-electron chi connectivity index (χ4n) is 2.77. The van der Waals surface area contributed by atoms with Gasteiger partial charge in [0.2, 0.25) is 0 Å². The molecule has 142 valence electrons. The normalized spacial score (nSPS) is 15.6. The Kier molecular flexibility index (Phi) is 6.82. The van der Waals surface area contributed by atoms with E-state index >= 15 is 0 Å². The van der Waals surface area contributed by atoms with Crippen molar-refractivity contribution in [1.29, 1.82) is 0 Å². The number of methoxy groups -OCH3 is 1. The minimum absolute atomic E-state index is 0.0608. The highest BCUT2D eigenvalue weighted by Gasteiger charge is 2.24. The molecule has 3 amide bonds. The highest BCUT2D eigenvalue weighted by molar-refractivity contribution is 5.99. The third-order valence-electron chi connectivity index (χ3n) is 4.25. The second-order valence-corrected chi connectivity index (χ2v) is 6.23. The molecule has 1 fully saturated rings. The number of nitrogens with one attached hydrogen (secondary N) is 2. The van der Waals surface area contributed by atoms with Crippen LogP contribution in [0.5, 0.6) is 11.5 Å². The summed E-state index contributed by atoms with van der Waals surface area (Å²) in [5.74, 6) is -1.55. The van der Waals surface area contributed by atoms with E-state index < -0.39 is 24.0 Å². The van der Waals surface area contributed by atoms with Crippen molar-refractivity contribution in [2.45, 2.75) is 51.2 Å². The van der Waals surface area contributed by atoms with Crippen molar-refractivity contribution in [3.63, 3.8) is 0 Å². The molecule has 0 aliphatic heterocycles. The van der Waals surface area contributed by atoms with E-state index in [-0.39, 0.29) is 17.4 Å². The Labute approximate surface area is 151 Å². The van der Waals surface area contributed by atoms with Gasteiger partial charge in [0.15, 0.2) is 6.10 Å². The molecule has 0 heterocycles. The first-order chi connectivity index (χ1) is 12.4. The van der Waals surface area contributed by atoms with Gasteiger partial charge in [-0.3, -0.25) is 10.1 Å². The van der Waals surface area contributed by atoms with Crippen LogP contribution in [0.15, 0.2) is 18.2 Å². The number of hydrogen-bond donors (Lipinski definition) is 3. The molecule has 0 radical (unpaired) electrons. The lowest BCUT2D eigenvalue weighted by Gasteiger charge is -2.23. The Bertz CT molecular complexity index is 670. The highest BCUT2D eigenvalue weighted by Crippen LogP contribution is 2.24. The zero-order valence-corrected chi connectivity index (χ0v) is 14.9. The first-order valence-corrected chi connectivity index (χ1v) is 8.60. The number of urea groups is 1. The van der Waals surface area contributed by atoms with Gasteiger partial charge < -0.3 is 19.9 Å². The van der Waals surface area contributed by atoms with Crippen molar-refractivity contribution >= 4 is 17.9 Å². The SMILES string of the molecule is COc1ccc(C(=O)O[C@H](C)C(=O)NC(=O)NC2CCCCC2)c(O)c1. The lowest BCUT2D eigenvalue weighted by Crippen LogP contribution is -2.48. The molecular formula is C18H24N2O6. The topological polar surface area (TPSA) is 114 Å². The fourth-order valence-corrected chi connectivity index (χ4v) is 2.77. The van der Waals surface area contributed by atoms with E-state index in [9.17, 15) is 19.5 Å². The highest BCUT2D eigenvalue weighted by atomic mass is 16.5. The summed E-state index contributed by atoms with van der Waals surface area (Å²) in [6, 6.07) is 3.54. The summed E-state index contributed by atoms with van der Waals surface area (Å²) in [5.41, 5.74) is -0.0999. The lowest BCUT2D eigenvalue weighted by molar-refractivity contribution is -0.127. The Morgan fingerprint density at radius 2 is 1.88 bits per heavy atom. The minimum atomic E-state index is -1.19. The van der Waals surface area contributed by atoms with Crippen molar-refractivity contribution in [2.75, 3.05) is 7.11 Å². The van der Waals surface area contributed by atoms with Crippen LogP contribution in [0.2, 0.25) is 0 Å². The maximum absolute atomic E-state index is 12.1. The number of carbonyl (C=O) groups excluding carboxylic acids is 3. The summed E-state index contributed by atoms with van der Waals surface area (Å²) in [6.07, 6.45) is 3.85. The summed E-state index contributed by atoms with van der Waals surface area (Å²) in [5, 5.41) is 14.7. The average molecular weight is 364 g/mol. The smallest absolute Gasteiger partial charge is 0.342 e. The van der Waals surface area contributed by atoms with E-state index in [0.717, 1.165) is 32.1 Å². The summed E-state index contributed by atoms with van der Waals surface area (Å²) >= 11 is 0. The molecule has 1 saturated carbocycles. The molecule has 8 heteroatoms. The van der Waals surface area contributed by atoms with Gasteiger partial charge in [0.05, 0.1) is 7.11 Å². The maximum atomic E-state index is 12.1. The number of phenolic OH excluding ortho intramolecular Hbond substituents is 1. The molecular weight excluding hydrogens is 340 g/mol. The number of ether oxygens (including phenoxy) is 2. The zero-order chi connectivity index (χ0) is 19.1. The van der Waals surface area contributed by atoms with E-state index in [1.165, 1.54) is 32.2 Å². The molecule has 8 nitrogen and oxygen atoms in total. The second-order valence-electron chi connectivity index (χ2n) is 6.23. The quantitative estimate of drug-likeness (QED) is 0.690. The molecule has 2 rings (SSSR count). The summed E-state index contributed by atoms with van der Waals surface area (Å²) in [7, 11) is 1.43. The van der Waals surface area contributed by atoms with Crippen LogP contribution in [0.25, 0.3) is 0 Å². The standard InChI is InChI=1S/C18H24N2O6/c1-11(16(22)20-18(24)19-12-6-4-3-5-7-12)26-17(23)14-9-8-13(25-2)10-15(14)21/h8-12,21H,3-7H2,1-2H3,(H2,19,20,22,24)/t11-/m1/s1. The van der Waals surface area contributed by atoms with Crippen LogP contribution in [0.4, 0.5) is 4.79 Å². The molecule has 0 saturated heterocycles. The van der Waals surface area contributed by atoms with Gasteiger partial charge in [-0.2, -0.15) is 0 Å². The number of carbonyl (C=O) groups is 3. The number of hydrogen-bond acceptors (Lipinski definition) is 6. The minimum Gasteiger partial charge on any atom is -0.507 e. The van der Waals surface area contributed by atoms with Gasteiger partial charge in [0, 0.05) is 12.1 Å². The zero-order valence-electron chi connectivity index (χ0n) is 14.9. The Hall–Kier alpha value is -2.77. The van der Waals surface area contributed by atoms with E-state index in [1.807, 2.05) is 0 Å². The predicted octanol–water partition coefficient (Wildman–Crippen LogP) is 2.10. The van der Waals surface area contributed by atoms with Gasteiger partial charge in [-0.15, -0.1) is 0 Å². The van der Waals surface area contributed by atoms with E-state index in [1.54, 1.807) is 0 Å². The molecule has 3 N–H and O–H groups in total. The largest absolute Gasteiger partial charge is 0.507 e. The molecule has 1 aliphatic rings. The molecule has 1 aromatic carbocycles. The number of aromatic hydroxyl groups is 1. The molecule has 0 bridgehead atoms. The third kappa shape index (κ3) is 5.37. The molecule has 1 aromatic rings. The van der Waals surface area contributed by atoms with Crippen LogP contribution in [-0.2, 0) is 9.53 Å². The maximum Gasteiger partial charge on any atom is 0.342 e. The van der Waals surface area contributed by atoms with Crippen LogP contribution in [0.1, 0.15) is 49.4 Å². The Balaban J connectivity index is 1.85. The second kappa shape index (κ2) is 9.07. The van der Waals surface area contributed by atoms with Crippen molar-refractivity contribution in [3.8, 4) is 11.5 Å². The lowest BCUT2D eigenvalue weighted by atomic mass is 9.96. The van der Waals surface area contributed by atoms with Gasteiger partial charge in [-0.25, -0.2) is 9.59 Å². The number of esters is 1. The monoisotopic (exact) mass is 364 g/mol. The van der Waals surface area contributed by atoms with Crippen LogP contribution in [0.3, 0.4) is 0 Å². The van der Waals surface area contributed by atoms with Gasteiger partial charge in [-0.05, 0) is 31.9 Å². The predicted molar refractivity (Wildman–Crippen MR) is 93.1 cm³/mol. The number of phenols is 1. The first kappa shape index (κ1) is 19.6. The van der Waals surface area contributed by atoms with E-state index in [2.05, 4.69) is 10.6 Å². The van der Waals surface area contributed by atoms with Gasteiger partial charge >= 0.3 is 12.0 Å². The number of amides is 3. The molecule has 26 heavy (non-hydrogen) atoms. The van der Waals surface area contributed by atoms with Crippen LogP contribution in [0, 0.1) is 0 Å². The van der Waals surface area contributed by atoms with Gasteiger partial charge in [0.25, 0.3) is 5.91 Å². The Morgan fingerprint density at radius 1 is 1.19 bits per heavy atom. The summed E-state index contributed by atoms with van der Waals surface area (Å²) in [4.78, 5) is 36.0. The number of benzene rings is 1. The van der Waals surface area contributed by atoms with Gasteiger partial charge in [-0.1, -0.05) is 19.3 Å². The van der Waals surface area contributed by atoms with Crippen molar-refractivity contribution in [2.24, 2.45) is 0 Å². The first-order valence-electron chi connectivity index (χ1n) is 8.60. The Morgan fingerprint density at radius 3 is 2.50 bits per heavy atom.